The predicted octanol–water partition coefficient (Wildman–Crippen LogP) is 1.95. The Balaban J connectivity index is 3.44. The van der Waals surface area contributed by atoms with Gasteiger partial charge in [0, 0.05) is 0 Å². The molecule has 9 heavy (non-hydrogen) atoms. The van der Waals surface area contributed by atoms with E-state index in [9.17, 15) is 0 Å². The number of rotatable bonds is 4. The topological polar surface area (TPSA) is 9.23 Å². The van der Waals surface area contributed by atoms with Gasteiger partial charge in [-0.2, -0.15) is 0 Å². The van der Waals surface area contributed by atoms with Crippen LogP contribution in [0.5, 0.6) is 0 Å². The first-order chi connectivity index (χ1) is 4.35. The fraction of sp³-hybridized carbons (Fsp3) is 0.500. The van der Waals surface area contributed by atoms with Crippen LogP contribution in [0.25, 0.3) is 0 Å². The Morgan fingerprint density at radius 2 is 2.56 bits per heavy atom. The van der Waals surface area contributed by atoms with Crippen molar-refractivity contribution < 1.29 is 4.74 Å². The fourth-order valence-electron chi connectivity index (χ4n) is 0.569. The molecule has 0 aliphatic rings. The predicted molar refractivity (Wildman–Crippen MR) is 38.8 cm³/mol. The van der Waals surface area contributed by atoms with Crippen LogP contribution >= 0.6 is 0 Å². The van der Waals surface area contributed by atoms with E-state index < -0.39 is 0 Å². The van der Waals surface area contributed by atoms with Gasteiger partial charge < -0.3 is 4.74 Å². The molecule has 0 bridgehead atoms. The molecule has 0 amide bonds. The monoisotopic (exact) mass is 124 g/mol. The first kappa shape index (κ1) is 8.10. The summed E-state index contributed by atoms with van der Waals surface area (Å²) >= 11 is 0. The van der Waals surface area contributed by atoms with Crippen molar-refractivity contribution in [3.05, 3.63) is 12.8 Å². The van der Waals surface area contributed by atoms with E-state index in [1.807, 2.05) is 0 Å². The molecule has 0 N–H and O–H groups in total. The quantitative estimate of drug-likeness (QED) is 0.411. The molecule has 0 aromatic rings. The lowest BCUT2D eigenvalue weighted by atomic mass is 10.2. The summed E-state index contributed by atoms with van der Waals surface area (Å²) in [6.45, 7) is 5.48. The first-order valence-corrected chi connectivity index (χ1v) is 3.07. The van der Waals surface area contributed by atoms with Crippen LogP contribution in [0.3, 0.4) is 0 Å². The normalized spacial score (nSPS) is 11.6. The molecule has 0 aliphatic carbocycles. The second-order valence-corrected chi connectivity index (χ2v) is 1.75. The summed E-state index contributed by atoms with van der Waals surface area (Å²) in [6, 6.07) is 0. The minimum absolute atomic E-state index is 0.0764. The SMILES string of the molecule is C#CC(CCC)OC=C. The van der Waals surface area contributed by atoms with Crippen molar-refractivity contribution in [1.29, 1.82) is 0 Å². The van der Waals surface area contributed by atoms with E-state index in [0.717, 1.165) is 12.8 Å². The number of hydrogen-bond acceptors (Lipinski definition) is 1. The first-order valence-electron chi connectivity index (χ1n) is 3.07. The average Bonchev–Trinajstić information content (AvgIpc) is 1.88. The van der Waals surface area contributed by atoms with Crippen molar-refractivity contribution in [2.45, 2.75) is 25.9 Å². The molecule has 0 spiro atoms. The Morgan fingerprint density at radius 1 is 1.89 bits per heavy atom. The second kappa shape index (κ2) is 5.24. The zero-order valence-corrected chi connectivity index (χ0v) is 5.76. The smallest absolute Gasteiger partial charge is 0.157 e. The summed E-state index contributed by atoms with van der Waals surface area (Å²) in [4.78, 5) is 0. The van der Waals surface area contributed by atoms with E-state index in [-0.39, 0.29) is 6.10 Å². The van der Waals surface area contributed by atoms with Crippen molar-refractivity contribution >= 4 is 0 Å². The summed E-state index contributed by atoms with van der Waals surface area (Å²) in [6.07, 6.45) is 8.38. The summed E-state index contributed by atoms with van der Waals surface area (Å²) in [5, 5.41) is 0. The van der Waals surface area contributed by atoms with Gasteiger partial charge in [-0.3, -0.25) is 0 Å². The Hall–Kier alpha value is -0.900. The molecule has 0 heterocycles. The molecular weight excluding hydrogens is 112 g/mol. The zero-order valence-electron chi connectivity index (χ0n) is 5.76. The number of hydrogen-bond donors (Lipinski definition) is 0. The van der Waals surface area contributed by atoms with E-state index >= 15 is 0 Å². The summed E-state index contributed by atoms with van der Waals surface area (Å²) in [5.41, 5.74) is 0. The molecule has 0 saturated carbocycles. The summed E-state index contributed by atoms with van der Waals surface area (Å²) in [5.74, 6) is 2.51. The maximum Gasteiger partial charge on any atom is 0.157 e. The van der Waals surface area contributed by atoms with Gasteiger partial charge in [0.15, 0.2) is 6.10 Å². The van der Waals surface area contributed by atoms with E-state index in [1.54, 1.807) is 0 Å². The Kier molecular flexibility index (Phi) is 4.72. The lowest BCUT2D eigenvalue weighted by molar-refractivity contribution is 0.186. The van der Waals surface area contributed by atoms with E-state index in [1.165, 1.54) is 6.26 Å². The molecule has 50 valence electrons. The molecule has 1 nitrogen and oxygen atoms in total. The molecule has 0 aliphatic heterocycles. The van der Waals surface area contributed by atoms with Crippen LogP contribution in [0.1, 0.15) is 19.8 Å². The standard InChI is InChI=1S/C8H12O/c1-4-7-8(5-2)9-6-3/h2,6,8H,3-4,7H2,1H3. The fourth-order valence-corrected chi connectivity index (χ4v) is 0.569. The lowest BCUT2D eigenvalue weighted by Gasteiger charge is -2.06. The Bertz CT molecular complexity index is 110. The minimum atomic E-state index is -0.0764. The molecular formula is C8H12O. The molecule has 1 heteroatoms. The molecule has 0 fully saturated rings. The van der Waals surface area contributed by atoms with Crippen LogP contribution in [0.4, 0.5) is 0 Å². The molecule has 0 rings (SSSR count). The van der Waals surface area contributed by atoms with Gasteiger partial charge in [-0.05, 0) is 6.42 Å². The minimum Gasteiger partial charge on any atom is -0.486 e. The number of terminal acetylenes is 1. The van der Waals surface area contributed by atoms with E-state index in [2.05, 4.69) is 19.4 Å². The molecule has 1 unspecified atom stereocenters. The van der Waals surface area contributed by atoms with Crippen molar-refractivity contribution in [3.63, 3.8) is 0 Å². The maximum atomic E-state index is 5.12. The van der Waals surface area contributed by atoms with Gasteiger partial charge in [0.05, 0.1) is 6.26 Å². The Labute approximate surface area is 56.7 Å². The van der Waals surface area contributed by atoms with Gasteiger partial charge in [0.1, 0.15) is 0 Å². The van der Waals surface area contributed by atoms with Crippen LogP contribution in [0.2, 0.25) is 0 Å². The molecule has 0 saturated heterocycles. The van der Waals surface area contributed by atoms with Crippen LogP contribution in [-0.4, -0.2) is 6.10 Å². The third-order valence-corrected chi connectivity index (χ3v) is 0.997. The van der Waals surface area contributed by atoms with Crippen LogP contribution in [0, 0.1) is 12.3 Å². The third kappa shape index (κ3) is 3.66. The molecule has 0 aromatic carbocycles. The van der Waals surface area contributed by atoms with Gasteiger partial charge in [-0.25, -0.2) is 0 Å². The highest BCUT2D eigenvalue weighted by molar-refractivity contribution is 4.94. The zero-order chi connectivity index (χ0) is 7.11. The number of ether oxygens (including phenoxy) is 1. The third-order valence-electron chi connectivity index (χ3n) is 0.997. The van der Waals surface area contributed by atoms with E-state index in [0.29, 0.717) is 0 Å². The van der Waals surface area contributed by atoms with E-state index in [4.69, 9.17) is 11.2 Å². The highest BCUT2D eigenvalue weighted by Crippen LogP contribution is 1.99. The summed E-state index contributed by atoms with van der Waals surface area (Å²) in [7, 11) is 0. The van der Waals surface area contributed by atoms with Crippen LogP contribution in [-0.2, 0) is 4.74 Å². The average molecular weight is 124 g/mol. The molecule has 0 radical (unpaired) electrons. The largest absolute Gasteiger partial charge is 0.486 e. The van der Waals surface area contributed by atoms with Crippen molar-refractivity contribution in [2.24, 2.45) is 0 Å². The van der Waals surface area contributed by atoms with Gasteiger partial charge in [0.25, 0.3) is 0 Å². The van der Waals surface area contributed by atoms with Crippen molar-refractivity contribution in [3.8, 4) is 12.3 Å². The molecule has 0 aromatic heterocycles. The lowest BCUT2D eigenvalue weighted by Crippen LogP contribution is -2.04. The van der Waals surface area contributed by atoms with Crippen molar-refractivity contribution in [1.82, 2.24) is 0 Å². The van der Waals surface area contributed by atoms with Gasteiger partial charge in [-0.1, -0.05) is 25.8 Å². The van der Waals surface area contributed by atoms with Crippen LogP contribution < -0.4 is 0 Å². The van der Waals surface area contributed by atoms with Gasteiger partial charge in [0.2, 0.25) is 0 Å². The van der Waals surface area contributed by atoms with Gasteiger partial charge >= 0.3 is 0 Å². The Morgan fingerprint density at radius 3 is 2.89 bits per heavy atom. The second-order valence-electron chi connectivity index (χ2n) is 1.75. The van der Waals surface area contributed by atoms with Crippen LogP contribution in [0.15, 0.2) is 12.8 Å². The summed E-state index contributed by atoms with van der Waals surface area (Å²) < 4.78 is 4.96. The molecule has 1 atom stereocenters. The van der Waals surface area contributed by atoms with Crippen molar-refractivity contribution in [2.75, 3.05) is 0 Å². The highest BCUT2D eigenvalue weighted by atomic mass is 16.5. The highest BCUT2D eigenvalue weighted by Gasteiger charge is 1.98. The van der Waals surface area contributed by atoms with Gasteiger partial charge in [-0.15, -0.1) is 6.42 Å². The maximum absolute atomic E-state index is 5.12.